The summed E-state index contributed by atoms with van der Waals surface area (Å²) in [7, 11) is 0. The second kappa shape index (κ2) is 3.71. The predicted molar refractivity (Wildman–Crippen MR) is 70.9 cm³/mol. The molecule has 16 heavy (non-hydrogen) atoms. The number of halogens is 1. The first-order valence-electron chi connectivity index (χ1n) is 4.93. The molecule has 0 saturated carbocycles. The van der Waals surface area contributed by atoms with Gasteiger partial charge in [-0.3, -0.25) is 0 Å². The van der Waals surface area contributed by atoms with Gasteiger partial charge in [-0.2, -0.15) is 0 Å². The fourth-order valence-electron chi connectivity index (χ4n) is 1.67. The summed E-state index contributed by atoms with van der Waals surface area (Å²) in [5.74, 6) is 0. The Balaban J connectivity index is 2.18. The molecular weight excluding hydrogens is 284 g/mol. The third-order valence-corrected chi connectivity index (χ3v) is 4.07. The van der Waals surface area contributed by atoms with Crippen molar-refractivity contribution in [2.75, 3.05) is 0 Å². The Morgan fingerprint density at radius 2 is 2.06 bits per heavy atom. The van der Waals surface area contributed by atoms with E-state index in [0.717, 1.165) is 15.1 Å². The molecule has 0 aromatic carbocycles. The molecule has 0 bridgehead atoms. The maximum Gasteiger partial charge on any atom is 0.137 e. The Labute approximate surface area is 106 Å². The van der Waals surface area contributed by atoms with Crippen LogP contribution in [0.15, 0.2) is 40.4 Å². The Bertz CT molecular complexity index is 654. The highest BCUT2D eigenvalue weighted by Crippen LogP contribution is 2.30. The average molecular weight is 293 g/mol. The van der Waals surface area contributed by atoms with E-state index >= 15 is 0 Å². The number of rotatable bonds is 1. The molecule has 0 atom stereocenters. The normalized spacial score (nSPS) is 11.1. The third kappa shape index (κ3) is 1.68. The number of pyridine rings is 1. The number of hydrogen-bond acceptors (Lipinski definition) is 2. The van der Waals surface area contributed by atoms with Crippen molar-refractivity contribution >= 4 is 32.9 Å². The molecule has 0 amide bonds. The SMILES string of the molecule is Cc1ccc2nc(-c3ccc(Br)s3)cn2c1. The molecule has 2 nitrogen and oxygen atoms in total. The second-order valence-corrected chi connectivity index (χ2v) is 6.16. The van der Waals surface area contributed by atoms with Crippen LogP contribution in [0.5, 0.6) is 0 Å². The van der Waals surface area contributed by atoms with Crippen molar-refractivity contribution in [2.24, 2.45) is 0 Å². The molecule has 0 fully saturated rings. The van der Waals surface area contributed by atoms with Gasteiger partial charge in [-0.25, -0.2) is 4.98 Å². The van der Waals surface area contributed by atoms with Gasteiger partial charge in [-0.1, -0.05) is 6.07 Å². The first kappa shape index (κ1) is 10.1. The summed E-state index contributed by atoms with van der Waals surface area (Å²) < 4.78 is 3.20. The van der Waals surface area contributed by atoms with E-state index in [2.05, 4.69) is 62.8 Å². The lowest BCUT2D eigenvalue weighted by Crippen LogP contribution is -1.82. The summed E-state index contributed by atoms with van der Waals surface area (Å²) in [5.41, 5.74) is 3.26. The van der Waals surface area contributed by atoms with E-state index in [1.165, 1.54) is 10.4 Å². The zero-order chi connectivity index (χ0) is 11.1. The maximum absolute atomic E-state index is 4.59. The van der Waals surface area contributed by atoms with E-state index in [-0.39, 0.29) is 0 Å². The number of fused-ring (bicyclic) bond motifs is 1. The smallest absolute Gasteiger partial charge is 0.137 e. The molecule has 0 radical (unpaired) electrons. The van der Waals surface area contributed by atoms with Crippen LogP contribution < -0.4 is 0 Å². The van der Waals surface area contributed by atoms with Gasteiger partial charge in [0.15, 0.2) is 0 Å². The summed E-state index contributed by atoms with van der Waals surface area (Å²) in [6.45, 7) is 2.08. The van der Waals surface area contributed by atoms with Gasteiger partial charge in [0.1, 0.15) is 5.65 Å². The van der Waals surface area contributed by atoms with Crippen LogP contribution in [0, 0.1) is 6.92 Å². The van der Waals surface area contributed by atoms with Crippen LogP contribution in [0.3, 0.4) is 0 Å². The van der Waals surface area contributed by atoms with Gasteiger partial charge in [-0.15, -0.1) is 11.3 Å². The largest absolute Gasteiger partial charge is 0.306 e. The summed E-state index contributed by atoms with van der Waals surface area (Å²) in [4.78, 5) is 5.78. The molecule has 3 aromatic rings. The Morgan fingerprint density at radius 1 is 1.19 bits per heavy atom. The highest BCUT2D eigenvalue weighted by atomic mass is 79.9. The standard InChI is InChI=1S/C12H9BrN2S/c1-8-2-5-12-14-9(7-15(12)6-8)10-3-4-11(13)16-10/h2-7H,1H3. The monoisotopic (exact) mass is 292 g/mol. The topological polar surface area (TPSA) is 17.3 Å². The molecule has 4 heteroatoms. The Kier molecular flexibility index (Phi) is 2.33. The molecule has 0 N–H and O–H groups in total. The molecule has 0 unspecified atom stereocenters. The van der Waals surface area contributed by atoms with E-state index in [1.54, 1.807) is 11.3 Å². The van der Waals surface area contributed by atoms with Crippen LogP contribution in [-0.4, -0.2) is 9.38 Å². The van der Waals surface area contributed by atoms with Crippen molar-refractivity contribution in [1.29, 1.82) is 0 Å². The van der Waals surface area contributed by atoms with Crippen LogP contribution in [-0.2, 0) is 0 Å². The summed E-state index contributed by atoms with van der Waals surface area (Å²) in [6, 6.07) is 8.26. The number of hydrogen-bond donors (Lipinski definition) is 0. The van der Waals surface area contributed by atoms with Crippen LogP contribution >= 0.6 is 27.3 Å². The molecule has 0 spiro atoms. The van der Waals surface area contributed by atoms with Crippen molar-refractivity contribution in [1.82, 2.24) is 9.38 Å². The molecular formula is C12H9BrN2S. The van der Waals surface area contributed by atoms with Crippen molar-refractivity contribution in [3.8, 4) is 10.6 Å². The maximum atomic E-state index is 4.59. The molecule has 3 heterocycles. The highest BCUT2D eigenvalue weighted by Gasteiger charge is 2.06. The molecule has 3 rings (SSSR count). The summed E-state index contributed by atoms with van der Waals surface area (Å²) in [5, 5.41) is 0. The summed E-state index contributed by atoms with van der Waals surface area (Å²) >= 11 is 5.17. The van der Waals surface area contributed by atoms with Gasteiger partial charge in [-0.05, 0) is 46.6 Å². The van der Waals surface area contributed by atoms with E-state index in [0.29, 0.717) is 0 Å². The first-order valence-corrected chi connectivity index (χ1v) is 6.54. The second-order valence-electron chi connectivity index (χ2n) is 3.70. The van der Waals surface area contributed by atoms with Gasteiger partial charge < -0.3 is 4.40 Å². The van der Waals surface area contributed by atoms with Crippen molar-refractivity contribution < 1.29 is 0 Å². The van der Waals surface area contributed by atoms with E-state index < -0.39 is 0 Å². The van der Waals surface area contributed by atoms with Crippen LogP contribution in [0.2, 0.25) is 0 Å². The van der Waals surface area contributed by atoms with Crippen LogP contribution in [0.25, 0.3) is 16.2 Å². The minimum atomic E-state index is 0.991. The fourth-order valence-corrected chi connectivity index (χ4v) is 3.01. The van der Waals surface area contributed by atoms with Crippen molar-refractivity contribution in [3.63, 3.8) is 0 Å². The van der Waals surface area contributed by atoms with Crippen molar-refractivity contribution in [3.05, 3.63) is 46.0 Å². The lowest BCUT2D eigenvalue weighted by molar-refractivity contribution is 1.16. The average Bonchev–Trinajstić information content (AvgIpc) is 2.83. The molecule has 80 valence electrons. The minimum Gasteiger partial charge on any atom is -0.306 e. The molecule has 0 saturated heterocycles. The molecule has 0 aliphatic rings. The number of aromatic nitrogens is 2. The zero-order valence-electron chi connectivity index (χ0n) is 8.64. The van der Waals surface area contributed by atoms with Gasteiger partial charge in [0.25, 0.3) is 0 Å². The Morgan fingerprint density at radius 3 is 2.81 bits per heavy atom. The minimum absolute atomic E-state index is 0.991. The third-order valence-electron chi connectivity index (χ3n) is 2.42. The Hall–Kier alpha value is -1.13. The first-order chi connectivity index (χ1) is 7.72. The highest BCUT2D eigenvalue weighted by molar-refractivity contribution is 9.11. The summed E-state index contributed by atoms with van der Waals surface area (Å²) in [6.07, 6.45) is 4.16. The lowest BCUT2D eigenvalue weighted by atomic mass is 10.3. The van der Waals surface area contributed by atoms with Crippen LogP contribution in [0.1, 0.15) is 5.56 Å². The molecule has 0 aliphatic carbocycles. The zero-order valence-corrected chi connectivity index (χ0v) is 11.0. The fraction of sp³-hybridized carbons (Fsp3) is 0.0833. The van der Waals surface area contributed by atoms with E-state index in [1.807, 2.05) is 6.07 Å². The lowest BCUT2D eigenvalue weighted by Gasteiger charge is -1.92. The van der Waals surface area contributed by atoms with Crippen LogP contribution in [0.4, 0.5) is 0 Å². The number of imidazole rings is 1. The van der Waals surface area contributed by atoms with Gasteiger partial charge >= 0.3 is 0 Å². The van der Waals surface area contributed by atoms with Gasteiger partial charge in [0.05, 0.1) is 14.4 Å². The number of thiophene rings is 1. The van der Waals surface area contributed by atoms with Gasteiger partial charge in [0.2, 0.25) is 0 Å². The quantitative estimate of drug-likeness (QED) is 0.659. The number of aryl methyl sites for hydroxylation is 1. The van der Waals surface area contributed by atoms with Crippen molar-refractivity contribution in [2.45, 2.75) is 6.92 Å². The molecule has 3 aromatic heterocycles. The van der Waals surface area contributed by atoms with E-state index in [4.69, 9.17) is 0 Å². The number of nitrogens with zero attached hydrogens (tertiary/aromatic N) is 2. The van der Waals surface area contributed by atoms with E-state index in [9.17, 15) is 0 Å². The molecule has 0 aliphatic heterocycles. The van der Waals surface area contributed by atoms with Gasteiger partial charge in [0, 0.05) is 12.4 Å². The predicted octanol–water partition coefficient (Wildman–Crippen LogP) is 4.13.